The fraction of sp³-hybridized carbons (Fsp3) is 0.346. The van der Waals surface area contributed by atoms with Gasteiger partial charge in [0.05, 0.1) is 6.54 Å². The van der Waals surface area contributed by atoms with Crippen LogP contribution in [0.3, 0.4) is 0 Å². The Bertz CT molecular complexity index is 892. The number of hydrogen-bond acceptors (Lipinski definition) is 5. The predicted molar refractivity (Wildman–Crippen MR) is 138 cm³/mol. The first-order valence-corrected chi connectivity index (χ1v) is 11.5. The van der Waals surface area contributed by atoms with Crippen LogP contribution in [0.1, 0.15) is 55.4 Å². The maximum atomic E-state index is 10.6. The smallest absolute Gasteiger partial charge is 0.134 e. The van der Waals surface area contributed by atoms with Crippen LogP contribution in [0.4, 0.5) is 5.69 Å². The molecular weight excluding hydrogens is 402 g/mol. The van der Waals surface area contributed by atoms with Gasteiger partial charge in [-0.05, 0) is 56.3 Å². The molecule has 0 fully saturated rings. The van der Waals surface area contributed by atoms with Crippen molar-refractivity contribution in [3.63, 3.8) is 0 Å². The van der Waals surface area contributed by atoms with Crippen LogP contribution in [-0.4, -0.2) is 18.7 Å². The summed E-state index contributed by atoms with van der Waals surface area (Å²) in [4.78, 5) is 22.3. The Morgan fingerprint density at radius 3 is 2.29 bits per heavy atom. The first-order chi connectivity index (χ1) is 15.0. The zero-order valence-electron chi connectivity index (χ0n) is 19.3. The number of nitrogens with zero attached hydrogens (tertiary/aromatic N) is 2. The van der Waals surface area contributed by atoms with E-state index in [1.165, 1.54) is 16.2 Å². The van der Waals surface area contributed by atoms with E-state index in [0.29, 0.717) is 25.2 Å². The van der Waals surface area contributed by atoms with E-state index in [2.05, 4.69) is 63.4 Å². The van der Waals surface area contributed by atoms with Crippen LogP contribution < -0.4 is 5.32 Å². The molecule has 1 aromatic heterocycles. The summed E-state index contributed by atoms with van der Waals surface area (Å²) >= 11 is 1.77. The van der Waals surface area contributed by atoms with Crippen molar-refractivity contribution in [2.45, 2.75) is 59.9 Å². The number of anilines is 1. The van der Waals surface area contributed by atoms with Gasteiger partial charge in [-0.25, -0.2) is 4.99 Å². The molecule has 0 radical (unpaired) electrons. The third kappa shape index (κ3) is 9.26. The topological polar surface area (TPSA) is 53.8 Å². The van der Waals surface area contributed by atoms with Crippen molar-refractivity contribution in [1.29, 1.82) is 0 Å². The molecule has 0 aliphatic carbocycles. The maximum Gasteiger partial charge on any atom is 0.134 e. The molecule has 31 heavy (non-hydrogen) atoms. The molecule has 4 nitrogen and oxygen atoms in total. The average molecular weight is 438 g/mol. The highest BCUT2D eigenvalue weighted by Gasteiger charge is 2.11. The van der Waals surface area contributed by atoms with E-state index in [1.807, 2.05) is 30.3 Å². The van der Waals surface area contributed by atoms with Crippen LogP contribution in [0, 0.1) is 6.92 Å². The SMILES string of the molecule is C=CC/C(C(CC)=NCc1ccc(C)s1)=C(/N=C)Nc1ccc(CC=O)cc1.CCC. The maximum absolute atomic E-state index is 10.6. The van der Waals surface area contributed by atoms with E-state index < -0.39 is 0 Å². The van der Waals surface area contributed by atoms with Gasteiger partial charge >= 0.3 is 0 Å². The van der Waals surface area contributed by atoms with E-state index in [-0.39, 0.29) is 0 Å². The van der Waals surface area contributed by atoms with Crippen LogP contribution in [0.25, 0.3) is 0 Å². The molecule has 5 heteroatoms. The van der Waals surface area contributed by atoms with Gasteiger partial charge in [-0.15, -0.1) is 17.9 Å². The van der Waals surface area contributed by atoms with Crippen molar-refractivity contribution in [3.05, 3.63) is 75.8 Å². The Labute approximate surface area is 191 Å². The van der Waals surface area contributed by atoms with Crippen LogP contribution in [0.5, 0.6) is 0 Å². The Balaban J connectivity index is 0.00000151. The van der Waals surface area contributed by atoms with Gasteiger partial charge in [-0.1, -0.05) is 45.4 Å². The summed E-state index contributed by atoms with van der Waals surface area (Å²) < 4.78 is 0. The minimum Gasteiger partial charge on any atom is -0.340 e. The van der Waals surface area contributed by atoms with Gasteiger partial charge in [0.1, 0.15) is 12.1 Å². The van der Waals surface area contributed by atoms with Crippen molar-refractivity contribution in [1.82, 2.24) is 0 Å². The molecule has 1 N–H and O–H groups in total. The summed E-state index contributed by atoms with van der Waals surface area (Å²) in [6.07, 6.45) is 5.88. The molecule has 0 unspecified atom stereocenters. The van der Waals surface area contributed by atoms with E-state index >= 15 is 0 Å². The highest BCUT2D eigenvalue weighted by Crippen LogP contribution is 2.21. The number of carbonyl (C=O) groups is 1. The quantitative estimate of drug-likeness (QED) is 0.230. The predicted octanol–water partition coefficient (Wildman–Crippen LogP) is 7.17. The highest BCUT2D eigenvalue weighted by atomic mass is 32.1. The van der Waals surface area contributed by atoms with Crippen molar-refractivity contribution in [3.8, 4) is 0 Å². The molecule has 1 aromatic carbocycles. The zero-order valence-corrected chi connectivity index (χ0v) is 20.1. The van der Waals surface area contributed by atoms with Crippen molar-refractivity contribution in [2.24, 2.45) is 9.98 Å². The molecule has 1 heterocycles. The summed E-state index contributed by atoms with van der Waals surface area (Å²) in [5.41, 5.74) is 3.87. The second-order valence-corrected chi connectivity index (χ2v) is 8.38. The number of nitrogens with one attached hydrogen (secondary N) is 1. The lowest BCUT2D eigenvalue weighted by molar-refractivity contribution is -0.107. The van der Waals surface area contributed by atoms with Gasteiger partial charge in [0.15, 0.2) is 0 Å². The molecule has 0 aliphatic heterocycles. The fourth-order valence-electron chi connectivity index (χ4n) is 2.83. The summed E-state index contributed by atoms with van der Waals surface area (Å²) in [5.74, 6) is 0.686. The third-order valence-corrected chi connectivity index (χ3v) is 5.22. The zero-order chi connectivity index (χ0) is 23.1. The number of aryl methyl sites for hydroxylation is 1. The molecule has 0 atom stereocenters. The van der Waals surface area contributed by atoms with Gasteiger partial charge in [0.25, 0.3) is 0 Å². The second kappa shape index (κ2) is 15.1. The summed E-state index contributed by atoms with van der Waals surface area (Å²) in [6.45, 7) is 16.7. The molecule has 0 aliphatic rings. The largest absolute Gasteiger partial charge is 0.340 e. The van der Waals surface area contributed by atoms with Gasteiger partial charge in [0, 0.05) is 33.1 Å². The van der Waals surface area contributed by atoms with E-state index in [4.69, 9.17) is 4.99 Å². The monoisotopic (exact) mass is 437 g/mol. The van der Waals surface area contributed by atoms with Gasteiger partial charge in [-0.3, -0.25) is 4.99 Å². The van der Waals surface area contributed by atoms with Gasteiger partial charge in [0.2, 0.25) is 0 Å². The molecule has 0 bridgehead atoms. The van der Waals surface area contributed by atoms with E-state index in [1.54, 1.807) is 11.3 Å². The van der Waals surface area contributed by atoms with Crippen LogP contribution in [0.2, 0.25) is 0 Å². The number of hydrogen-bond donors (Lipinski definition) is 1. The number of thiophene rings is 1. The Morgan fingerprint density at radius 1 is 1.13 bits per heavy atom. The van der Waals surface area contributed by atoms with Crippen molar-refractivity contribution >= 4 is 35.7 Å². The molecule has 2 aromatic rings. The Kier molecular flexibility index (Phi) is 12.8. The lowest BCUT2D eigenvalue weighted by Crippen LogP contribution is -2.10. The van der Waals surface area contributed by atoms with Crippen molar-refractivity contribution < 1.29 is 4.79 Å². The number of rotatable bonds is 11. The summed E-state index contributed by atoms with van der Waals surface area (Å²) in [5, 5.41) is 3.34. The average Bonchev–Trinajstić information content (AvgIpc) is 3.19. The Morgan fingerprint density at radius 2 is 1.81 bits per heavy atom. The molecule has 2 rings (SSSR count). The lowest BCUT2D eigenvalue weighted by Gasteiger charge is -2.15. The van der Waals surface area contributed by atoms with Gasteiger partial charge < -0.3 is 10.1 Å². The minimum atomic E-state index is 0.416. The number of allylic oxidation sites excluding steroid dienone is 2. The molecule has 166 valence electrons. The first-order valence-electron chi connectivity index (χ1n) is 10.7. The van der Waals surface area contributed by atoms with Crippen LogP contribution in [-0.2, 0) is 17.8 Å². The number of aldehydes is 1. The highest BCUT2D eigenvalue weighted by molar-refractivity contribution is 7.11. The van der Waals surface area contributed by atoms with E-state index in [0.717, 1.165) is 35.2 Å². The number of benzene rings is 1. The van der Waals surface area contributed by atoms with Crippen LogP contribution in [0.15, 0.2) is 70.4 Å². The molecular formula is C26H35N3OS. The molecule has 0 spiro atoms. The minimum absolute atomic E-state index is 0.416. The van der Waals surface area contributed by atoms with Crippen LogP contribution >= 0.6 is 11.3 Å². The lowest BCUT2D eigenvalue weighted by atomic mass is 10.0. The van der Waals surface area contributed by atoms with Gasteiger partial charge in [-0.2, -0.15) is 0 Å². The molecule has 0 saturated carbocycles. The fourth-order valence-corrected chi connectivity index (χ4v) is 3.64. The number of carbonyl (C=O) groups excluding carboxylic acids is 1. The molecule has 0 saturated heterocycles. The second-order valence-electron chi connectivity index (χ2n) is 7.01. The third-order valence-electron chi connectivity index (χ3n) is 4.23. The standard InChI is InChI=1S/C23H27N3OS.C3H8/c1-5-7-21(22(6-2)25-16-20-13-8-17(3)28-20)23(24-4)26-19-11-9-18(10-12-19)14-15-27;1-3-2/h5,8-13,15,26H,1,4,6-7,14,16H2,2-3H3;3H2,1-2H3/b23-21+,25-22?;. The Hall–Kier alpha value is -2.79. The summed E-state index contributed by atoms with van der Waals surface area (Å²) in [6, 6.07) is 12.0. The van der Waals surface area contributed by atoms with E-state index in [9.17, 15) is 4.79 Å². The number of aliphatic imine (C=N–C) groups is 2. The first kappa shape index (κ1) is 26.2. The van der Waals surface area contributed by atoms with Crippen molar-refractivity contribution in [2.75, 3.05) is 5.32 Å². The molecule has 0 amide bonds. The normalized spacial score (nSPS) is 11.7. The summed E-state index contributed by atoms with van der Waals surface area (Å²) in [7, 11) is 0.